The minimum Gasteiger partial charge on any atom is -0.330 e. The number of rotatable bonds is 8. The third-order valence-corrected chi connectivity index (χ3v) is 3.15. The fourth-order valence-corrected chi connectivity index (χ4v) is 1.88. The third-order valence-electron chi connectivity index (χ3n) is 2.74. The summed E-state index contributed by atoms with van der Waals surface area (Å²) in [4.78, 5) is 7.70. The first-order valence-corrected chi connectivity index (χ1v) is 6.85. The Bertz CT molecular complexity index is 366. The molecule has 0 fully saturated rings. The maximum Gasteiger partial charge on any atom is 0.0401 e. The zero-order chi connectivity index (χ0) is 13.2. The highest BCUT2D eigenvalue weighted by Gasteiger charge is 1.96. The van der Waals surface area contributed by atoms with Gasteiger partial charge in [-0.3, -0.25) is 4.99 Å². The number of aliphatic imine (C=N–C) groups is 1. The molecule has 0 heterocycles. The lowest BCUT2D eigenvalue weighted by Crippen LogP contribution is -2.23. The monoisotopic (exact) mass is 265 g/mol. The van der Waals surface area contributed by atoms with Crippen LogP contribution in [0.4, 0.5) is 0 Å². The van der Waals surface area contributed by atoms with E-state index in [4.69, 9.17) is 5.73 Å². The molecule has 4 heteroatoms. The van der Waals surface area contributed by atoms with Crippen molar-refractivity contribution >= 4 is 18.8 Å². The molecule has 0 radical (unpaired) electrons. The van der Waals surface area contributed by atoms with Gasteiger partial charge in [-0.25, -0.2) is 0 Å². The van der Waals surface area contributed by atoms with E-state index in [2.05, 4.69) is 29.6 Å². The van der Waals surface area contributed by atoms with Gasteiger partial charge in [0.1, 0.15) is 0 Å². The van der Waals surface area contributed by atoms with E-state index in [1.165, 1.54) is 0 Å². The first kappa shape index (κ1) is 15.2. The summed E-state index contributed by atoms with van der Waals surface area (Å²) in [6.45, 7) is 3.76. The second-order valence-electron chi connectivity index (χ2n) is 4.39. The molecular weight excluding hydrogens is 242 g/mol. The van der Waals surface area contributed by atoms with Crippen LogP contribution in [-0.4, -0.2) is 44.3 Å². The van der Waals surface area contributed by atoms with E-state index in [-0.39, 0.29) is 0 Å². The molecule has 0 aliphatic heterocycles. The molecule has 1 rings (SSSR count). The fourth-order valence-electron chi connectivity index (χ4n) is 1.66. The average molecular weight is 265 g/mol. The van der Waals surface area contributed by atoms with Crippen LogP contribution in [0.25, 0.3) is 0 Å². The summed E-state index contributed by atoms with van der Waals surface area (Å²) in [6.07, 6.45) is 4.04. The van der Waals surface area contributed by atoms with E-state index >= 15 is 0 Å². The Morgan fingerprint density at radius 2 is 2.00 bits per heavy atom. The van der Waals surface area contributed by atoms with Crippen LogP contribution in [0.15, 0.2) is 34.2 Å². The van der Waals surface area contributed by atoms with Gasteiger partial charge in [0, 0.05) is 23.2 Å². The lowest BCUT2D eigenvalue weighted by Gasteiger charge is -2.14. The number of nitrogens with two attached hydrogens (primary N) is 1. The Morgan fingerprint density at radius 3 is 2.72 bits per heavy atom. The molecule has 0 unspecified atom stereocenters. The van der Waals surface area contributed by atoms with Crippen molar-refractivity contribution in [2.75, 3.05) is 33.2 Å². The molecule has 0 aromatic heterocycles. The van der Waals surface area contributed by atoms with Crippen LogP contribution in [0.3, 0.4) is 0 Å². The normalized spacial score (nSPS) is 11.6. The second kappa shape index (κ2) is 9.14. The summed E-state index contributed by atoms with van der Waals surface area (Å²) >= 11 is 4.38. The minimum atomic E-state index is 0.765. The number of hydrogen-bond donors (Lipinski definition) is 2. The van der Waals surface area contributed by atoms with Gasteiger partial charge in [-0.15, -0.1) is 12.6 Å². The first-order chi connectivity index (χ1) is 8.74. The van der Waals surface area contributed by atoms with Crippen LogP contribution in [0, 0.1) is 0 Å². The van der Waals surface area contributed by atoms with Gasteiger partial charge >= 0.3 is 0 Å². The lowest BCUT2D eigenvalue weighted by molar-refractivity contribution is 0.329. The molecular formula is C14H23N3S. The second-order valence-corrected chi connectivity index (χ2v) is 4.87. The lowest BCUT2D eigenvalue weighted by atomic mass is 10.2. The van der Waals surface area contributed by atoms with Crippen molar-refractivity contribution in [3.05, 3.63) is 29.8 Å². The van der Waals surface area contributed by atoms with Gasteiger partial charge < -0.3 is 10.6 Å². The smallest absolute Gasteiger partial charge is 0.0401 e. The van der Waals surface area contributed by atoms with Crippen molar-refractivity contribution in [1.82, 2.24) is 4.90 Å². The molecule has 100 valence electrons. The highest BCUT2D eigenvalue weighted by Crippen LogP contribution is 2.10. The van der Waals surface area contributed by atoms with E-state index in [9.17, 15) is 0 Å². The number of hydrogen-bond acceptors (Lipinski definition) is 4. The predicted octanol–water partition coefficient (Wildman–Crippen LogP) is 2.06. The maximum atomic E-state index is 5.47. The molecule has 18 heavy (non-hydrogen) atoms. The number of nitrogens with zero attached hydrogens (tertiary/aromatic N) is 2. The number of benzene rings is 1. The standard InChI is InChI=1S/C14H23N3S/c1-17(10-4-8-15)11-5-9-16-12-13-6-2-3-7-14(13)18/h2-3,6-7,12,18H,4-5,8-11,15H2,1H3. The molecule has 0 spiro atoms. The molecule has 0 bridgehead atoms. The molecule has 0 aliphatic carbocycles. The van der Waals surface area contributed by atoms with Gasteiger partial charge in [-0.1, -0.05) is 18.2 Å². The van der Waals surface area contributed by atoms with Gasteiger partial charge in [-0.2, -0.15) is 0 Å². The van der Waals surface area contributed by atoms with E-state index in [1.807, 2.05) is 30.5 Å². The SMILES string of the molecule is CN(CCCN)CCCN=Cc1ccccc1S. The zero-order valence-electron chi connectivity index (χ0n) is 11.0. The summed E-state index contributed by atoms with van der Waals surface area (Å²) in [5.74, 6) is 0. The van der Waals surface area contributed by atoms with Crippen LogP contribution in [-0.2, 0) is 0 Å². The van der Waals surface area contributed by atoms with Crippen LogP contribution in [0.2, 0.25) is 0 Å². The fraction of sp³-hybridized carbons (Fsp3) is 0.500. The van der Waals surface area contributed by atoms with Gasteiger partial charge in [0.15, 0.2) is 0 Å². The Morgan fingerprint density at radius 1 is 1.28 bits per heavy atom. The molecule has 0 saturated heterocycles. The maximum absolute atomic E-state index is 5.47. The molecule has 0 atom stereocenters. The van der Waals surface area contributed by atoms with Gasteiger partial charge in [0.25, 0.3) is 0 Å². The van der Waals surface area contributed by atoms with E-state index in [0.717, 1.165) is 49.5 Å². The minimum absolute atomic E-state index is 0.765. The summed E-state index contributed by atoms with van der Waals surface area (Å²) in [7, 11) is 2.13. The van der Waals surface area contributed by atoms with E-state index < -0.39 is 0 Å². The highest BCUT2D eigenvalue weighted by molar-refractivity contribution is 7.80. The van der Waals surface area contributed by atoms with Crippen LogP contribution >= 0.6 is 12.6 Å². The summed E-state index contributed by atoms with van der Waals surface area (Å²) in [6, 6.07) is 7.98. The van der Waals surface area contributed by atoms with Crippen LogP contribution in [0.5, 0.6) is 0 Å². The van der Waals surface area contributed by atoms with E-state index in [1.54, 1.807) is 0 Å². The summed E-state index contributed by atoms with van der Waals surface area (Å²) < 4.78 is 0. The van der Waals surface area contributed by atoms with Crippen molar-refractivity contribution in [2.24, 2.45) is 10.7 Å². The third kappa shape index (κ3) is 6.19. The van der Waals surface area contributed by atoms with Crippen molar-refractivity contribution in [2.45, 2.75) is 17.7 Å². The summed E-state index contributed by atoms with van der Waals surface area (Å²) in [5.41, 5.74) is 6.56. The quantitative estimate of drug-likeness (QED) is 0.429. The van der Waals surface area contributed by atoms with Crippen LogP contribution in [0.1, 0.15) is 18.4 Å². The number of thiol groups is 1. The van der Waals surface area contributed by atoms with Gasteiger partial charge in [0.2, 0.25) is 0 Å². The van der Waals surface area contributed by atoms with Crippen molar-refractivity contribution in [1.29, 1.82) is 0 Å². The van der Waals surface area contributed by atoms with Gasteiger partial charge in [-0.05, 0) is 45.6 Å². The molecule has 0 aliphatic rings. The van der Waals surface area contributed by atoms with Gasteiger partial charge in [0.05, 0.1) is 0 Å². The van der Waals surface area contributed by atoms with Crippen LogP contribution < -0.4 is 5.73 Å². The van der Waals surface area contributed by atoms with Crippen molar-refractivity contribution < 1.29 is 0 Å². The predicted molar refractivity (Wildman–Crippen MR) is 81.9 cm³/mol. The topological polar surface area (TPSA) is 41.6 Å². The molecule has 1 aromatic rings. The Hall–Kier alpha value is -0.840. The van der Waals surface area contributed by atoms with Crippen molar-refractivity contribution in [3.63, 3.8) is 0 Å². The Labute approximate surface area is 116 Å². The molecule has 0 saturated carbocycles. The largest absolute Gasteiger partial charge is 0.330 e. The van der Waals surface area contributed by atoms with Crippen molar-refractivity contribution in [3.8, 4) is 0 Å². The first-order valence-electron chi connectivity index (χ1n) is 6.40. The average Bonchev–Trinajstić information content (AvgIpc) is 2.38. The summed E-state index contributed by atoms with van der Waals surface area (Å²) in [5, 5.41) is 0. The molecule has 2 N–H and O–H groups in total. The Kier molecular flexibility index (Phi) is 7.73. The molecule has 0 amide bonds. The molecule has 3 nitrogen and oxygen atoms in total. The highest BCUT2D eigenvalue weighted by atomic mass is 32.1. The zero-order valence-corrected chi connectivity index (χ0v) is 11.9. The molecule has 1 aromatic carbocycles. The Balaban J connectivity index is 2.20. The van der Waals surface area contributed by atoms with E-state index in [0.29, 0.717) is 0 Å².